The van der Waals surface area contributed by atoms with E-state index >= 15 is 0 Å². The monoisotopic (exact) mass is 252 g/mol. The van der Waals surface area contributed by atoms with Gasteiger partial charge in [-0.15, -0.1) is 0 Å². The van der Waals surface area contributed by atoms with E-state index in [9.17, 15) is 5.26 Å². The predicted molar refractivity (Wildman–Crippen MR) is 73.5 cm³/mol. The standard InChI is InChI=1S/C16H16N2O/c1-11-4-5-12-9-13(6-7-15(12)18-11)16-14(10-17)3-2-8-19-16/h4-7,9,14,16H,2-3,8H2,1H3. The quantitative estimate of drug-likeness (QED) is 0.780. The molecule has 1 aliphatic rings. The van der Waals surface area contributed by atoms with E-state index in [1.165, 1.54) is 0 Å². The smallest absolute Gasteiger partial charge is 0.0983 e. The lowest BCUT2D eigenvalue weighted by molar-refractivity contribution is -0.0101. The highest BCUT2D eigenvalue weighted by Gasteiger charge is 2.27. The molecular formula is C16H16N2O. The maximum atomic E-state index is 9.23. The van der Waals surface area contributed by atoms with Crippen LogP contribution in [0.15, 0.2) is 30.3 Å². The summed E-state index contributed by atoms with van der Waals surface area (Å²) in [5.41, 5.74) is 3.10. The molecule has 1 fully saturated rings. The number of nitriles is 1. The molecule has 96 valence electrons. The summed E-state index contributed by atoms with van der Waals surface area (Å²) in [6.07, 6.45) is 1.80. The topological polar surface area (TPSA) is 45.9 Å². The number of aryl methyl sites for hydroxylation is 1. The second kappa shape index (κ2) is 4.99. The summed E-state index contributed by atoms with van der Waals surface area (Å²) >= 11 is 0. The summed E-state index contributed by atoms with van der Waals surface area (Å²) in [5, 5.41) is 10.3. The number of rotatable bonds is 1. The fourth-order valence-electron chi connectivity index (χ4n) is 2.66. The average molecular weight is 252 g/mol. The van der Waals surface area contributed by atoms with Crippen LogP contribution in [0, 0.1) is 24.2 Å². The van der Waals surface area contributed by atoms with E-state index in [4.69, 9.17) is 4.74 Å². The highest BCUT2D eigenvalue weighted by molar-refractivity contribution is 5.79. The highest BCUT2D eigenvalue weighted by atomic mass is 16.5. The molecule has 2 heterocycles. The molecular weight excluding hydrogens is 236 g/mol. The Kier molecular flexibility index (Phi) is 3.18. The third-order valence-electron chi connectivity index (χ3n) is 3.67. The van der Waals surface area contributed by atoms with Crippen LogP contribution < -0.4 is 0 Å². The first-order valence-electron chi connectivity index (χ1n) is 6.66. The fourth-order valence-corrected chi connectivity index (χ4v) is 2.66. The molecule has 1 saturated heterocycles. The third kappa shape index (κ3) is 2.32. The summed E-state index contributed by atoms with van der Waals surface area (Å²) in [6, 6.07) is 12.6. The van der Waals surface area contributed by atoms with Gasteiger partial charge in [0.05, 0.1) is 23.6 Å². The van der Waals surface area contributed by atoms with Gasteiger partial charge in [0.1, 0.15) is 0 Å². The van der Waals surface area contributed by atoms with Gasteiger partial charge in [-0.2, -0.15) is 5.26 Å². The molecule has 3 nitrogen and oxygen atoms in total. The fraction of sp³-hybridized carbons (Fsp3) is 0.375. The van der Waals surface area contributed by atoms with Gasteiger partial charge in [0, 0.05) is 17.7 Å². The van der Waals surface area contributed by atoms with Gasteiger partial charge in [-0.1, -0.05) is 12.1 Å². The van der Waals surface area contributed by atoms with Crippen LogP contribution in [0.4, 0.5) is 0 Å². The molecule has 0 spiro atoms. The highest BCUT2D eigenvalue weighted by Crippen LogP contribution is 2.34. The number of fused-ring (bicyclic) bond motifs is 1. The van der Waals surface area contributed by atoms with Crippen LogP contribution in [-0.2, 0) is 4.74 Å². The predicted octanol–water partition coefficient (Wildman–Crippen LogP) is 3.53. The van der Waals surface area contributed by atoms with Gasteiger partial charge < -0.3 is 4.74 Å². The van der Waals surface area contributed by atoms with Crippen LogP contribution in [0.5, 0.6) is 0 Å². The minimum Gasteiger partial charge on any atom is -0.372 e. The van der Waals surface area contributed by atoms with Crippen LogP contribution in [0.2, 0.25) is 0 Å². The summed E-state index contributed by atoms with van der Waals surface area (Å²) in [7, 11) is 0. The Morgan fingerprint density at radius 2 is 2.21 bits per heavy atom. The Morgan fingerprint density at radius 3 is 3.05 bits per heavy atom. The molecule has 0 bridgehead atoms. The first-order valence-corrected chi connectivity index (χ1v) is 6.66. The van der Waals surface area contributed by atoms with Crippen molar-refractivity contribution in [3.05, 3.63) is 41.6 Å². The van der Waals surface area contributed by atoms with E-state index in [1.807, 2.05) is 25.1 Å². The SMILES string of the molecule is Cc1ccc2cc(C3OCCCC3C#N)ccc2n1. The van der Waals surface area contributed by atoms with E-state index in [0.29, 0.717) is 0 Å². The Bertz CT molecular complexity index is 645. The normalized spacial score (nSPS) is 23.2. The van der Waals surface area contributed by atoms with Crippen LogP contribution >= 0.6 is 0 Å². The Labute approximate surface area is 112 Å². The largest absolute Gasteiger partial charge is 0.372 e. The van der Waals surface area contributed by atoms with Crippen molar-refractivity contribution in [1.29, 1.82) is 5.26 Å². The molecule has 1 aliphatic heterocycles. The second-order valence-corrected chi connectivity index (χ2v) is 5.07. The minimum absolute atomic E-state index is 0.0374. The van der Waals surface area contributed by atoms with Gasteiger partial charge in [0.25, 0.3) is 0 Å². The zero-order valence-electron chi connectivity index (χ0n) is 11.0. The lowest BCUT2D eigenvalue weighted by atomic mass is 9.90. The van der Waals surface area contributed by atoms with E-state index < -0.39 is 0 Å². The summed E-state index contributed by atoms with van der Waals surface area (Å²) in [4.78, 5) is 4.50. The molecule has 19 heavy (non-hydrogen) atoms. The molecule has 0 aliphatic carbocycles. The average Bonchev–Trinajstić information content (AvgIpc) is 2.46. The van der Waals surface area contributed by atoms with Crippen LogP contribution in [-0.4, -0.2) is 11.6 Å². The molecule has 0 N–H and O–H groups in total. The first-order chi connectivity index (χ1) is 9.28. The minimum atomic E-state index is -0.0931. The molecule has 1 aromatic carbocycles. The van der Waals surface area contributed by atoms with Gasteiger partial charge in [-0.3, -0.25) is 4.98 Å². The summed E-state index contributed by atoms with van der Waals surface area (Å²) < 4.78 is 5.80. The number of hydrogen-bond donors (Lipinski definition) is 0. The molecule has 3 heteroatoms. The molecule has 0 saturated carbocycles. The van der Waals surface area contributed by atoms with Crippen molar-refractivity contribution in [2.24, 2.45) is 5.92 Å². The zero-order chi connectivity index (χ0) is 13.2. The van der Waals surface area contributed by atoms with E-state index in [0.717, 1.165) is 41.6 Å². The van der Waals surface area contributed by atoms with Crippen molar-refractivity contribution in [3.63, 3.8) is 0 Å². The van der Waals surface area contributed by atoms with Crippen LogP contribution in [0.1, 0.15) is 30.2 Å². The van der Waals surface area contributed by atoms with E-state index in [1.54, 1.807) is 0 Å². The lowest BCUT2D eigenvalue weighted by Gasteiger charge is -2.27. The maximum absolute atomic E-state index is 9.23. The summed E-state index contributed by atoms with van der Waals surface area (Å²) in [5.74, 6) is -0.0374. The maximum Gasteiger partial charge on any atom is 0.0983 e. The van der Waals surface area contributed by atoms with E-state index in [2.05, 4.69) is 23.2 Å². The van der Waals surface area contributed by atoms with Crippen molar-refractivity contribution in [2.75, 3.05) is 6.61 Å². The number of hydrogen-bond acceptors (Lipinski definition) is 3. The zero-order valence-corrected chi connectivity index (χ0v) is 11.0. The van der Waals surface area contributed by atoms with Gasteiger partial charge in [-0.25, -0.2) is 0 Å². The van der Waals surface area contributed by atoms with Gasteiger partial charge >= 0.3 is 0 Å². The van der Waals surface area contributed by atoms with Crippen LogP contribution in [0.3, 0.4) is 0 Å². The van der Waals surface area contributed by atoms with Gasteiger partial charge in [0.2, 0.25) is 0 Å². The molecule has 0 amide bonds. The summed E-state index contributed by atoms with van der Waals surface area (Å²) in [6.45, 7) is 2.73. The molecule has 2 aromatic rings. The lowest BCUT2D eigenvalue weighted by Crippen LogP contribution is -2.21. The van der Waals surface area contributed by atoms with Crippen molar-refractivity contribution in [1.82, 2.24) is 4.98 Å². The number of benzene rings is 1. The third-order valence-corrected chi connectivity index (χ3v) is 3.67. The molecule has 2 atom stereocenters. The van der Waals surface area contributed by atoms with Crippen molar-refractivity contribution < 1.29 is 4.74 Å². The van der Waals surface area contributed by atoms with Gasteiger partial charge in [-0.05, 0) is 43.5 Å². The van der Waals surface area contributed by atoms with Gasteiger partial charge in [0.15, 0.2) is 0 Å². The van der Waals surface area contributed by atoms with Crippen LogP contribution in [0.25, 0.3) is 10.9 Å². The second-order valence-electron chi connectivity index (χ2n) is 5.07. The Morgan fingerprint density at radius 1 is 1.32 bits per heavy atom. The molecule has 2 unspecified atom stereocenters. The molecule has 0 radical (unpaired) electrons. The first kappa shape index (κ1) is 12.1. The number of pyridine rings is 1. The Balaban J connectivity index is 2.00. The van der Waals surface area contributed by atoms with E-state index in [-0.39, 0.29) is 12.0 Å². The molecule has 3 rings (SSSR count). The number of nitrogens with zero attached hydrogens (tertiary/aromatic N) is 2. The Hall–Kier alpha value is -1.92. The van der Waals surface area contributed by atoms with Crippen molar-refractivity contribution >= 4 is 10.9 Å². The number of aromatic nitrogens is 1. The number of ether oxygens (including phenoxy) is 1. The van der Waals surface area contributed by atoms with Crippen molar-refractivity contribution in [3.8, 4) is 6.07 Å². The van der Waals surface area contributed by atoms with Crippen molar-refractivity contribution in [2.45, 2.75) is 25.9 Å². The molecule has 1 aromatic heterocycles.